The molecule has 0 saturated heterocycles. The van der Waals surface area contributed by atoms with Gasteiger partial charge in [-0.05, 0) is 31.4 Å². The Morgan fingerprint density at radius 2 is 1.56 bits per heavy atom. The summed E-state index contributed by atoms with van der Waals surface area (Å²) in [6.07, 6.45) is 2.29. The Morgan fingerprint density at radius 1 is 1.04 bits per heavy atom. The van der Waals surface area contributed by atoms with Crippen LogP contribution in [0.5, 0.6) is 0 Å². The van der Waals surface area contributed by atoms with Crippen LogP contribution in [-0.4, -0.2) is 45.5 Å². The molecule has 2 N–H and O–H groups in total. The summed E-state index contributed by atoms with van der Waals surface area (Å²) < 4.78 is 22.8. The van der Waals surface area contributed by atoms with Crippen molar-refractivity contribution < 1.29 is 8.42 Å². The summed E-state index contributed by atoms with van der Waals surface area (Å²) in [5, 5.41) is 6.42. The normalized spacial score (nSPS) is 13.6. The first-order valence-corrected chi connectivity index (χ1v) is 10.6. The van der Waals surface area contributed by atoms with E-state index in [2.05, 4.69) is 60.7 Å². The minimum Gasteiger partial charge on any atom is -0.356 e. The summed E-state index contributed by atoms with van der Waals surface area (Å²) >= 11 is 0. The number of sulfone groups is 1. The van der Waals surface area contributed by atoms with Crippen LogP contribution >= 0.6 is 0 Å². The predicted molar refractivity (Wildman–Crippen MR) is 107 cm³/mol. The van der Waals surface area contributed by atoms with E-state index in [1.807, 2.05) is 0 Å². The van der Waals surface area contributed by atoms with E-state index in [0.717, 1.165) is 6.42 Å². The second-order valence-corrected chi connectivity index (χ2v) is 10.4. The average molecular weight is 368 g/mol. The van der Waals surface area contributed by atoms with Crippen LogP contribution in [-0.2, 0) is 21.7 Å². The molecular formula is C19H33N3O2S. The van der Waals surface area contributed by atoms with Gasteiger partial charge in [-0.15, -0.1) is 0 Å². The maximum Gasteiger partial charge on any atom is 0.191 e. The Kier molecular flexibility index (Phi) is 7.06. The quantitative estimate of drug-likeness (QED) is 0.574. The number of rotatable bonds is 7. The van der Waals surface area contributed by atoms with Gasteiger partial charge >= 0.3 is 0 Å². The lowest BCUT2D eigenvalue weighted by molar-refractivity contribution is 0.504. The third-order valence-electron chi connectivity index (χ3n) is 4.75. The zero-order valence-corrected chi connectivity index (χ0v) is 17.4. The van der Waals surface area contributed by atoms with Gasteiger partial charge in [-0.3, -0.25) is 4.99 Å². The first-order valence-electron chi connectivity index (χ1n) is 8.66. The third-order valence-corrected chi connectivity index (χ3v) is 6.90. The highest BCUT2D eigenvalue weighted by atomic mass is 32.2. The van der Waals surface area contributed by atoms with Crippen LogP contribution in [0.25, 0.3) is 0 Å². The zero-order valence-electron chi connectivity index (χ0n) is 16.6. The Bertz CT molecular complexity index is 690. The van der Waals surface area contributed by atoms with Crippen molar-refractivity contribution in [2.75, 3.05) is 26.4 Å². The molecule has 0 aromatic heterocycles. The van der Waals surface area contributed by atoms with E-state index in [4.69, 9.17) is 0 Å². The molecule has 0 heterocycles. The molecule has 25 heavy (non-hydrogen) atoms. The molecule has 6 heteroatoms. The Hall–Kier alpha value is -1.56. The third kappa shape index (κ3) is 6.03. The molecule has 0 aliphatic carbocycles. The highest BCUT2D eigenvalue weighted by Crippen LogP contribution is 2.22. The van der Waals surface area contributed by atoms with E-state index in [9.17, 15) is 8.42 Å². The highest BCUT2D eigenvalue weighted by molar-refractivity contribution is 7.92. The fraction of sp³-hybridized carbons (Fsp3) is 0.632. The molecule has 142 valence electrons. The predicted octanol–water partition coefficient (Wildman–Crippen LogP) is 2.51. The molecular weight excluding hydrogens is 334 g/mol. The first kappa shape index (κ1) is 21.5. The van der Waals surface area contributed by atoms with Crippen LogP contribution in [0.2, 0.25) is 0 Å². The number of aryl methyl sites for hydroxylation is 1. The van der Waals surface area contributed by atoms with Gasteiger partial charge in [-0.25, -0.2) is 8.42 Å². The van der Waals surface area contributed by atoms with Gasteiger partial charge in [0.25, 0.3) is 0 Å². The number of aliphatic imine (C=N–C) groups is 1. The molecule has 0 aliphatic rings. The van der Waals surface area contributed by atoms with Crippen LogP contribution in [0.3, 0.4) is 0 Å². The lowest BCUT2D eigenvalue weighted by atomic mass is 9.84. The van der Waals surface area contributed by atoms with Crippen LogP contribution in [0.15, 0.2) is 29.3 Å². The van der Waals surface area contributed by atoms with E-state index in [-0.39, 0.29) is 5.41 Å². The number of hydrogen-bond acceptors (Lipinski definition) is 3. The molecule has 0 unspecified atom stereocenters. The Labute approximate surface area is 153 Å². The first-order chi connectivity index (χ1) is 11.4. The van der Waals surface area contributed by atoms with Crippen molar-refractivity contribution in [3.05, 3.63) is 35.4 Å². The Balaban J connectivity index is 2.69. The van der Waals surface area contributed by atoms with Gasteiger partial charge in [0.15, 0.2) is 15.8 Å². The van der Waals surface area contributed by atoms with E-state index >= 15 is 0 Å². The lowest BCUT2D eigenvalue weighted by Gasteiger charge is -2.28. The van der Waals surface area contributed by atoms with Gasteiger partial charge in [0.1, 0.15) is 0 Å². The molecule has 0 saturated carbocycles. The maximum absolute atomic E-state index is 11.8. The average Bonchev–Trinajstić information content (AvgIpc) is 2.54. The molecule has 0 atom stereocenters. The fourth-order valence-electron chi connectivity index (χ4n) is 2.25. The minimum absolute atomic E-state index is 0.0732. The van der Waals surface area contributed by atoms with Crippen molar-refractivity contribution in [3.8, 4) is 0 Å². The van der Waals surface area contributed by atoms with Gasteiger partial charge in [0, 0.05) is 31.8 Å². The molecule has 0 spiro atoms. The monoisotopic (exact) mass is 367 g/mol. The van der Waals surface area contributed by atoms with E-state index in [1.165, 1.54) is 17.4 Å². The number of nitrogens with zero attached hydrogens (tertiary/aromatic N) is 1. The summed E-state index contributed by atoms with van der Waals surface area (Å²) in [5.74, 6) is 0.606. The standard InChI is InChI=1S/C19H33N3O2S/c1-8-15-9-11-16(12-10-15)18(2,3)13-21-17(20-6)22-14-19(4,5)25(7,23)24/h9-12H,8,13-14H2,1-7H3,(H2,20,21,22). The molecule has 1 aromatic carbocycles. The van der Waals surface area contributed by atoms with Crippen molar-refractivity contribution in [2.24, 2.45) is 4.99 Å². The van der Waals surface area contributed by atoms with Gasteiger partial charge in [-0.2, -0.15) is 0 Å². The number of hydrogen-bond donors (Lipinski definition) is 2. The summed E-state index contributed by atoms with van der Waals surface area (Å²) in [5.41, 5.74) is 2.51. The summed E-state index contributed by atoms with van der Waals surface area (Å²) in [6, 6.07) is 8.67. The Morgan fingerprint density at radius 3 is 2.00 bits per heavy atom. The van der Waals surface area contributed by atoms with Crippen molar-refractivity contribution in [1.82, 2.24) is 10.6 Å². The van der Waals surface area contributed by atoms with E-state index < -0.39 is 14.6 Å². The summed E-state index contributed by atoms with van der Waals surface area (Å²) in [7, 11) is -1.46. The van der Waals surface area contributed by atoms with Crippen molar-refractivity contribution in [1.29, 1.82) is 0 Å². The van der Waals surface area contributed by atoms with Crippen LogP contribution in [0.4, 0.5) is 0 Å². The number of guanidine groups is 1. The van der Waals surface area contributed by atoms with Gasteiger partial charge < -0.3 is 10.6 Å². The van der Waals surface area contributed by atoms with Crippen LogP contribution < -0.4 is 10.6 Å². The molecule has 0 fully saturated rings. The molecule has 1 aromatic rings. The van der Waals surface area contributed by atoms with Gasteiger partial charge in [0.2, 0.25) is 0 Å². The largest absolute Gasteiger partial charge is 0.356 e. The lowest BCUT2D eigenvalue weighted by Crippen LogP contribution is -2.49. The number of benzene rings is 1. The molecule has 1 rings (SSSR count). The van der Waals surface area contributed by atoms with Gasteiger partial charge in [-0.1, -0.05) is 45.0 Å². The maximum atomic E-state index is 11.8. The van der Waals surface area contributed by atoms with E-state index in [0.29, 0.717) is 19.0 Å². The second-order valence-electron chi connectivity index (χ2n) is 7.75. The molecule has 0 radical (unpaired) electrons. The molecule has 0 aliphatic heterocycles. The number of nitrogens with one attached hydrogen (secondary N) is 2. The fourth-order valence-corrected chi connectivity index (χ4v) is 2.58. The molecule has 0 amide bonds. The van der Waals surface area contributed by atoms with Crippen molar-refractivity contribution >= 4 is 15.8 Å². The molecule has 0 bridgehead atoms. The summed E-state index contributed by atoms with van der Waals surface area (Å²) in [6.45, 7) is 10.9. The van der Waals surface area contributed by atoms with Crippen molar-refractivity contribution in [2.45, 2.75) is 51.2 Å². The minimum atomic E-state index is -3.14. The summed E-state index contributed by atoms with van der Waals surface area (Å²) in [4.78, 5) is 4.20. The van der Waals surface area contributed by atoms with Gasteiger partial charge in [0.05, 0.1) is 4.75 Å². The van der Waals surface area contributed by atoms with Crippen LogP contribution in [0.1, 0.15) is 45.7 Å². The zero-order chi connectivity index (χ0) is 19.3. The van der Waals surface area contributed by atoms with E-state index in [1.54, 1.807) is 20.9 Å². The topological polar surface area (TPSA) is 70.6 Å². The molecule has 5 nitrogen and oxygen atoms in total. The smallest absolute Gasteiger partial charge is 0.191 e. The second kappa shape index (κ2) is 8.21. The SMILES string of the molecule is CCc1ccc(C(C)(C)CNC(=NC)NCC(C)(C)S(C)(=O)=O)cc1. The van der Waals surface area contributed by atoms with Crippen LogP contribution in [0, 0.1) is 0 Å². The highest BCUT2D eigenvalue weighted by Gasteiger charge is 2.30. The van der Waals surface area contributed by atoms with Crippen molar-refractivity contribution in [3.63, 3.8) is 0 Å².